The average Bonchev–Trinajstić information content (AvgIpc) is 3.06. The Hall–Kier alpha value is -1.68. The molecule has 1 aliphatic heterocycles. The van der Waals surface area contributed by atoms with Crippen molar-refractivity contribution < 1.29 is 4.79 Å². The number of hydrogen-bond acceptors (Lipinski definition) is 3. The number of thiophene rings is 1. The van der Waals surface area contributed by atoms with Crippen LogP contribution in [0.1, 0.15) is 64.6 Å². The van der Waals surface area contributed by atoms with Crippen molar-refractivity contribution >= 4 is 17.2 Å². The molecule has 1 fully saturated rings. The van der Waals surface area contributed by atoms with Crippen molar-refractivity contribution in [2.75, 3.05) is 6.54 Å². The molecule has 3 heterocycles. The van der Waals surface area contributed by atoms with Crippen molar-refractivity contribution in [3.8, 4) is 0 Å². The maximum Gasteiger partial charge on any atom is 0.264 e. The molecule has 1 amide bonds. The van der Waals surface area contributed by atoms with Crippen LogP contribution in [0.2, 0.25) is 0 Å². The monoisotopic (exact) mass is 326 g/mol. The van der Waals surface area contributed by atoms with Gasteiger partial charge in [-0.25, -0.2) is 0 Å². The second-order valence-corrected chi connectivity index (χ2v) is 7.42. The van der Waals surface area contributed by atoms with Crippen LogP contribution in [-0.4, -0.2) is 22.3 Å². The van der Waals surface area contributed by atoms with E-state index in [2.05, 4.69) is 21.3 Å². The predicted octanol–water partition coefficient (Wildman–Crippen LogP) is 4.39. The summed E-state index contributed by atoms with van der Waals surface area (Å²) in [4.78, 5) is 20.8. The van der Waals surface area contributed by atoms with Crippen LogP contribution in [0.15, 0.2) is 29.8 Å². The molecular weight excluding hydrogens is 304 g/mol. The number of likely N-dealkylation sites (tertiary alicyclic amines) is 1. The zero-order chi connectivity index (χ0) is 15.6. The molecule has 1 aliphatic carbocycles. The van der Waals surface area contributed by atoms with Crippen molar-refractivity contribution in [2.45, 2.75) is 51.0 Å². The number of carbonyl (C=O) groups excluding carboxylic acids is 1. The van der Waals surface area contributed by atoms with Gasteiger partial charge in [0.05, 0.1) is 16.6 Å². The molecule has 1 atom stereocenters. The molecule has 2 aromatic rings. The van der Waals surface area contributed by atoms with E-state index in [0.29, 0.717) is 0 Å². The highest BCUT2D eigenvalue weighted by molar-refractivity contribution is 7.12. The van der Waals surface area contributed by atoms with Gasteiger partial charge in [0.25, 0.3) is 5.91 Å². The lowest BCUT2D eigenvalue weighted by Gasteiger charge is -2.35. The van der Waals surface area contributed by atoms with Crippen molar-refractivity contribution in [1.82, 2.24) is 9.88 Å². The molecule has 23 heavy (non-hydrogen) atoms. The first-order valence-electron chi connectivity index (χ1n) is 8.66. The third kappa shape index (κ3) is 2.80. The first kappa shape index (κ1) is 14.9. The first-order chi connectivity index (χ1) is 11.3. The first-order valence-corrected chi connectivity index (χ1v) is 9.53. The Balaban J connectivity index is 1.64. The van der Waals surface area contributed by atoms with E-state index < -0.39 is 0 Å². The smallest absolute Gasteiger partial charge is 0.264 e. The van der Waals surface area contributed by atoms with Crippen LogP contribution in [0.5, 0.6) is 0 Å². The SMILES string of the molecule is O=C(c1scc2c1CCCC2)N1CCCC[C@H]1c1ccccn1. The summed E-state index contributed by atoms with van der Waals surface area (Å²) in [6.45, 7) is 0.854. The Morgan fingerprint density at radius 3 is 2.96 bits per heavy atom. The van der Waals surface area contributed by atoms with E-state index >= 15 is 0 Å². The lowest BCUT2D eigenvalue weighted by Crippen LogP contribution is -2.39. The largest absolute Gasteiger partial charge is 0.329 e. The molecule has 4 rings (SSSR count). The molecule has 0 radical (unpaired) electrons. The lowest BCUT2D eigenvalue weighted by atomic mass is 9.93. The topological polar surface area (TPSA) is 33.2 Å². The number of aryl methyl sites for hydroxylation is 1. The molecule has 2 aliphatic rings. The number of amides is 1. The average molecular weight is 326 g/mol. The van der Waals surface area contributed by atoms with Gasteiger partial charge in [0.2, 0.25) is 0 Å². The summed E-state index contributed by atoms with van der Waals surface area (Å²) in [6, 6.07) is 6.15. The van der Waals surface area contributed by atoms with Gasteiger partial charge in [-0.05, 0) is 73.6 Å². The van der Waals surface area contributed by atoms with Gasteiger partial charge in [-0.3, -0.25) is 9.78 Å². The minimum atomic E-state index is 0.138. The third-order valence-electron chi connectivity index (χ3n) is 5.09. The van der Waals surface area contributed by atoms with Crippen LogP contribution in [0.25, 0.3) is 0 Å². The summed E-state index contributed by atoms with van der Waals surface area (Å²) >= 11 is 1.65. The van der Waals surface area contributed by atoms with E-state index in [4.69, 9.17) is 0 Å². The minimum Gasteiger partial charge on any atom is -0.329 e. The van der Waals surface area contributed by atoms with Crippen LogP contribution in [0.3, 0.4) is 0 Å². The molecule has 3 nitrogen and oxygen atoms in total. The van der Waals surface area contributed by atoms with Crippen molar-refractivity contribution in [2.24, 2.45) is 0 Å². The van der Waals surface area contributed by atoms with Crippen LogP contribution in [0, 0.1) is 0 Å². The van der Waals surface area contributed by atoms with Gasteiger partial charge in [0, 0.05) is 12.7 Å². The van der Waals surface area contributed by atoms with Gasteiger partial charge >= 0.3 is 0 Å². The highest BCUT2D eigenvalue weighted by Gasteiger charge is 2.32. The molecular formula is C19H22N2OS. The van der Waals surface area contributed by atoms with Gasteiger partial charge in [-0.1, -0.05) is 6.07 Å². The number of hydrogen-bond donors (Lipinski definition) is 0. The van der Waals surface area contributed by atoms with Crippen LogP contribution >= 0.6 is 11.3 Å². The molecule has 0 N–H and O–H groups in total. The maximum atomic E-state index is 13.2. The summed E-state index contributed by atoms with van der Waals surface area (Å²) < 4.78 is 0. The van der Waals surface area contributed by atoms with E-state index in [1.54, 1.807) is 11.3 Å². The highest BCUT2D eigenvalue weighted by atomic mass is 32.1. The van der Waals surface area contributed by atoms with Gasteiger partial charge in [-0.2, -0.15) is 0 Å². The lowest BCUT2D eigenvalue weighted by molar-refractivity contribution is 0.0610. The Bertz CT molecular complexity index is 695. The second-order valence-electron chi connectivity index (χ2n) is 6.54. The van der Waals surface area contributed by atoms with Crippen LogP contribution in [0.4, 0.5) is 0 Å². The Morgan fingerprint density at radius 1 is 1.17 bits per heavy atom. The molecule has 1 saturated heterocycles. The Kier molecular flexibility index (Phi) is 4.17. The van der Waals surface area contributed by atoms with E-state index in [0.717, 1.165) is 42.8 Å². The van der Waals surface area contributed by atoms with Crippen LogP contribution < -0.4 is 0 Å². The Labute approximate surface area is 141 Å². The quantitative estimate of drug-likeness (QED) is 0.820. The molecule has 2 aromatic heterocycles. The maximum absolute atomic E-state index is 13.2. The third-order valence-corrected chi connectivity index (χ3v) is 6.15. The summed E-state index contributed by atoms with van der Waals surface area (Å²) in [6.07, 6.45) is 9.82. The van der Waals surface area contributed by atoms with E-state index in [1.165, 1.54) is 30.4 Å². The zero-order valence-corrected chi connectivity index (χ0v) is 14.1. The van der Waals surface area contributed by atoms with Crippen molar-refractivity contribution in [3.63, 3.8) is 0 Å². The highest BCUT2D eigenvalue weighted by Crippen LogP contribution is 2.35. The fourth-order valence-corrected chi connectivity index (χ4v) is 5.00. The standard InChI is InChI=1S/C19H22N2OS/c22-19(18-15-8-2-1-7-14(15)13-23-18)21-12-6-4-10-17(21)16-9-3-5-11-20-16/h3,5,9,11,13,17H,1-2,4,6-8,10,12H2/t17-/m0/s1. The fourth-order valence-electron chi connectivity index (χ4n) is 3.88. The molecule has 120 valence electrons. The van der Waals surface area contributed by atoms with E-state index in [1.807, 2.05) is 18.3 Å². The number of aromatic nitrogens is 1. The van der Waals surface area contributed by atoms with Crippen molar-refractivity contribution in [3.05, 3.63) is 51.5 Å². The van der Waals surface area contributed by atoms with E-state index in [9.17, 15) is 4.79 Å². The Morgan fingerprint density at radius 2 is 2.09 bits per heavy atom. The van der Waals surface area contributed by atoms with Crippen molar-refractivity contribution in [1.29, 1.82) is 0 Å². The number of nitrogens with zero attached hydrogens (tertiary/aromatic N) is 2. The van der Waals surface area contributed by atoms with Crippen LogP contribution in [-0.2, 0) is 12.8 Å². The normalized spacial score (nSPS) is 21.0. The summed E-state index contributed by atoms with van der Waals surface area (Å²) in [5.74, 6) is 0.230. The number of fused-ring (bicyclic) bond motifs is 1. The number of pyridine rings is 1. The molecule has 4 heteroatoms. The van der Waals surface area contributed by atoms with E-state index in [-0.39, 0.29) is 11.9 Å². The second kappa shape index (κ2) is 6.44. The molecule has 0 saturated carbocycles. The van der Waals surface area contributed by atoms with Gasteiger partial charge in [0.1, 0.15) is 0 Å². The zero-order valence-electron chi connectivity index (χ0n) is 13.3. The summed E-state index contributed by atoms with van der Waals surface area (Å²) in [7, 11) is 0. The molecule has 0 aromatic carbocycles. The summed E-state index contributed by atoms with van der Waals surface area (Å²) in [5.41, 5.74) is 3.78. The fraction of sp³-hybridized carbons (Fsp3) is 0.474. The molecule has 0 bridgehead atoms. The number of rotatable bonds is 2. The summed E-state index contributed by atoms with van der Waals surface area (Å²) in [5, 5.41) is 2.21. The van der Waals surface area contributed by atoms with Gasteiger partial charge in [-0.15, -0.1) is 11.3 Å². The minimum absolute atomic E-state index is 0.138. The predicted molar refractivity (Wildman–Crippen MR) is 92.8 cm³/mol. The molecule has 0 unspecified atom stereocenters. The number of carbonyl (C=O) groups is 1. The van der Waals surface area contributed by atoms with Gasteiger partial charge in [0.15, 0.2) is 0 Å². The number of piperidine rings is 1. The van der Waals surface area contributed by atoms with Gasteiger partial charge < -0.3 is 4.90 Å². The molecule has 0 spiro atoms.